The summed E-state index contributed by atoms with van der Waals surface area (Å²) in [6.07, 6.45) is 3.10. The molecule has 1 rings (SSSR count). The van der Waals surface area contributed by atoms with Gasteiger partial charge in [0.15, 0.2) is 0 Å². The minimum atomic E-state index is -0.123. The fourth-order valence-electron chi connectivity index (χ4n) is 2.29. The Labute approximate surface area is 110 Å². The van der Waals surface area contributed by atoms with Gasteiger partial charge in [0.2, 0.25) is 5.91 Å². The highest BCUT2D eigenvalue weighted by Crippen LogP contribution is 2.21. The smallest absolute Gasteiger partial charge is 0.237 e. The van der Waals surface area contributed by atoms with Crippen molar-refractivity contribution in [3.8, 4) is 0 Å². The maximum Gasteiger partial charge on any atom is 0.237 e. The second-order valence-corrected chi connectivity index (χ2v) is 5.75. The predicted molar refractivity (Wildman–Crippen MR) is 72.3 cm³/mol. The Hall–Kier alpha value is -0.900. The van der Waals surface area contributed by atoms with E-state index in [0.717, 1.165) is 19.4 Å². The molecule has 0 spiro atoms. The molecule has 1 atom stereocenters. The second kappa shape index (κ2) is 6.88. The minimum absolute atomic E-state index is 0.0862. The van der Waals surface area contributed by atoms with Crippen molar-refractivity contribution in [2.24, 2.45) is 5.92 Å². The molecule has 0 aromatic heterocycles. The summed E-state index contributed by atoms with van der Waals surface area (Å²) in [5.41, 5.74) is 0. The number of rotatable bonds is 5. The number of hydrogen-bond acceptors (Lipinski definition) is 3. The van der Waals surface area contributed by atoms with E-state index < -0.39 is 0 Å². The van der Waals surface area contributed by atoms with Crippen molar-refractivity contribution in [3.63, 3.8) is 0 Å². The Bertz CT molecular complexity index is 292. The second-order valence-electron chi connectivity index (χ2n) is 5.75. The van der Waals surface area contributed by atoms with Gasteiger partial charge in [-0.15, -0.1) is 0 Å². The number of likely N-dealkylation sites (N-methyl/N-ethyl adjacent to an activating group) is 1. The van der Waals surface area contributed by atoms with Crippen molar-refractivity contribution >= 4 is 11.7 Å². The van der Waals surface area contributed by atoms with Crippen LogP contribution in [0, 0.1) is 5.92 Å². The molecule has 104 valence electrons. The molecule has 0 saturated heterocycles. The molecule has 0 aromatic carbocycles. The molecule has 0 aromatic rings. The normalized spacial score (nSPS) is 19.3. The lowest BCUT2D eigenvalue weighted by Gasteiger charge is -2.34. The van der Waals surface area contributed by atoms with Crippen molar-refractivity contribution in [2.45, 2.75) is 58.5 Å². The van der Waals surface area contributed by atoms with Crippen LogP contribution >= 0.6 is 0 Å². The van der Waals surface area contributed by atoms with Crippen LogP contribution in [0.5, 0.6) is 0 Å². The lowest BCUT2D eigenvalue weighted by Crippen LogP contribution is -2.49. The fourth-order valence-corrected chi connectivity index (χ4v) is 2.29. The largest absolute Gasteiger partial charge is 0.354 e. The van der Waals surface area contributed by atoms with E-state index in [1.54, 1.807) is 0 Å². The molecule has 1 amide bonds. The maximum atomic E-state index is 12.0. The molecule has 4 nitrogen and oxygen atoms in total. The summed E-state index contributed by atoms with van der Waals surface area (Å²) in [6, 6.07) is 0.240. The molecular formula is C14H26N2O2. The van der Waals surface area contributed by atoms with Gasteiger partial charge in [-0.2, -0.15) is 0 Å². The SMILES string of the molecule is CC(C)CNC(=O)C(C)N(C)C1CCC(=O)CC1. The Morgan fingerprint density at radius 3 is 2.39 bits per heavy atom. The van der Waals surface area contributed by atoms with Crippen molar-refractivity contribution in [2.75, 3.05) is 13.6 Å². The summed E-state index contributed by atoms with van der Waals surface area (Å²) >= 11 is 0. The van der Waals surface area contributed by atoms with Crippen LogP contribution in [-0.4, -0.2) is 42.3 Å². The molecule has 0 heterocycles. The molecule has 0 bridgehead atoms. The number of hydrogen-bond donors (Lipinski definition) is 1. The molecule has 1 fully saturated rings. The van der Waals surface area contributed by atoms with E-state index in [4.69, 9.17) is 0 Å². The van der Waals surface area contributed by atoms with E-state index in [0.29, 0.717) is 30.6 Å². The molecule has 4 heteroatoms. The highest BCUT2D eigenvalue weighted by atomic mass is 16.2. The van der Waals surface area contributed by atoms with Gasteiger partial charge in [0.05, 0.1) is 6.04 Å². The molecule has 0 aliphatic heterocycles. The third-order valence-electron chi connectivity index (χ3n) is 3.76. The zero-order valence-electron chi connectivity index (χ0n) is 12.0. The first-order valence-electron chi connectivity index (χ1n) is 6.93. The molecule has 1 aliphatic rings. The van der Waals surface area contributed by atoms with Crippen LogP contribution in [0.4, 0.5) is 0 Å². The molecule has 1 N–H and O–H groups in total. The van der Waals surface area contributed by atoms with Crippen LogP contribution in [0.2, 0.25) is 0 Å². The number of ketones is 1. The summed E-state index contributed by atoms with van der Waals surface area (Å²) in [4.78, 5) is 25.3. The van der Waals surface area contributed by atoms with Crippen molar-refractivity contribution in [1.29, 1.82) is 0 Å². The summed E-state index contributed by atoms with van der Waals surface area (Å²) in [5.74, 6) is 0.915. The van der Waals surface area contributed by atoms with Crippen LogP contribution in [-0.2, 0) is 9.59 Å². The van der Waals surface area contributed by atoms with E-state index in [-0.39, 0.29) is 11.9 Å². The zero-order chi connectivity index (χ0) is 13.7. The van der Waals surface area contributed by atoms with Crippen molar-refractivity contribution in [1.82, 2.24) is 10.2 Å². The average Bonchev–Trinajstić information content (AvgIpc) is 2.35. The highest BCUT2D eigenvalue weighted by Gasteiger charge is 2.27. The lowest BCUT2D eigenvalue weighted by molar-refractivity contribution is -0.127. The van der Waals surface area contributed by atoms with Gasteiger partial charge in [-0.1, -0.05) is 13.8 Å². The Kier molecular flexibility index (Phi) is 5.79. The quantitative estimate of drug-likeness (QED) is 0.810. The number of amides is 1. The zero-order valence-corrected chi connectivity index (χ0v) is 12.0. The van der Waals surface area contributed by atoms with Crippen LogP contribution < -0.4 is 5.32 Å². The van der Waals surface area contributed by atoms with Gasteiger partial charge in [0.25, 0.3) is 0 Å². The Balaban J connectivity index is 2.42. The van der Waals surface area contributed by atoms with Gasteiger partial charge in [0, 0.05) is 25.4 Å². The van der Waals surface area contributed by atoms with Gasteiger partial charge >= 0.3 is 0 Å². The van der Waals surface area contributed by atoms with Crippen molar-refractivity contribution < 1.29 is 9.59 Å². The monoisotopic (exact) mass is 254 g/mol. The van der Waals surface area contributed by atoms with Gasteiger partial charge in [-0.3, -0.25) is 14.5 Å². The topological polar surface area (TPSA) is 49.4 Å². The first kappa shape index (κ1) is 15.2. The number of carbonyl (C=O) groups excluding carboxylic acids is 2. The van der Waals surface area contributed by atoms with Gasteiger partial charge in [0.1, 0.15) is 5.78 Å². The first-order chi connectivity index (χ1) is 8.41. The van der Waals surface area contributed by atoms with E-state index >= 15 is 0 Å². The molecule has 1 saturated carbocycles. The molecule has 1 unspecified atom stereocenters. The molecular weight excluding hydrogens is 228 g/mol. The number of Topliss-reactive ketones (excluding diaryl/α,β-unsaturated/α-hetero) is 1. The van der Waals surface area contributed by atoms with Crippen LogP contribution in [0.25, 0.3) is 0 Å². The number of carbonyl (C=O) groups is 2. The van der Waals surface area contributed by atoms with E-state index in [1.807, 2.05) is 14.0 Å². The molecule has 0 radical (unpaired) electrons. The van der Waals surface area contributed by atoms with Crippen LogP contribution in [0.3, 0.4) is 0 Å². The van der Waals surface area contributed by atoms with E-state index in [2.05, 4.69) is 24.1 Å². The van der Waals surface area contributed by atoms with E-state index in [1.165, 1.54) is 0 Å². The lowest BCUT2D eigenvalue weighted by atomic mass is 9.92. The summed E-state index contributed by atoms with van der Waals surface area (Å²) in [7, 11) is 1.99. The van der Waals surface area contributed by atoms with Gasteiger partial charge in [-0.25, -0.2) is 0 Å². The third kappa shape index (κ3) is 4.41. The van der Waals surface area contributed by atoms with Gasteiger partial charge < -0.3 is 5.32 Å². The number of nitrogens with zero attached hydrogens (tertiary/aromatic N) is 1. The average molecular weight is 254 g/mol. The summed E-state index contributed by atoms with van der Waals surface area (Å²) in [6.45, 7) is 6.83. The highest BCUT2D eigenvalue weighted by molar-refractivity contribution is 5.81. The Morgan fingerprint density at radius 2 is 1.89 bits per heavy atom. The summed E-state index contributed by atoms with van der Waals surface area (Å²) < 4.78 is 0. The molecule has 18 heavy (non-hydrogen) atoms. The standard InChI is InChI=1S/C14H26N2O2/c1-10(2)9-15-14(18)11(3)16(4)12-5-7-13(17)8-6-12/h10-12H,5-9H2,1-4H3,(H,15,18). The first-order valence-corrected chi connectivity index (χ1v) is 6.93. The van der Waals surface area contributed by atoms with Crippen LogP contribution in [0.1, 0.15) is 46.5 Å². The number of nitrogens with one attached hydrogen (secondary N) is 1. The van der Waals surface area contributed by atoms with Gasteiger partial charge in [-0.05, 0) is 32.7 Å². The summed E-state index contributed by atoms with van der Waals surface area (Å²) in [5, 5.41) is 2.96. The maximum absolute atomic E-state index is 12.0. The Morgan fingerprint density at radius 1 is 1.33 bits per heavy atom. The van der Waals surface area contributed by atoms with Crippen molar-refractivity contribution in [3.05, 3.63) is 0 Å². The third-order valence-corrected chi connectivity index (χ3v) is 3.76. The molecule has 1 aliphatic carbocycles. The minimum Gasteiger partial charge on any atom is -0.354 e. The van der Waals surface area contributed by atoms with Crippen LogP contribution in [0.15, 0.2) is 0 Å². The fraction of sp³-hybridized carbons (Fsp3) is 0.857. The predicted octanol–water partition coefficient (Wildman–Crippen LogP) is 1.59. The van der Waals surface area contributed by atoms with E-state index in [9.17, 15) is 9.59 Å².